The molecule has 2 aromatic rings. The van der Waals surface area contributed by atoms with Crippen LogP contribution >= 0.6 is 0 Å². The van der Waals surface area contributed by atoms with Crippen molar-refractivity contribution in [2.45, 2.75) is 13.3 Å². The molecule has 0 spiro atoms. The highest BCUT2D eigenvalue weighted by molar-refractivity contribution is 5.97. The van der Waals surface area contributed by atoms with Gasteiger partial charge in [-0.05, 0) is 42.3 Å². The Balaban J connectivity index is 2.42. The first-order valence-electron chi connectivity index (χ1n) is 6.87. The smallest absolute Gasteiger partial charge is 0.340 e. The molecule has 0 amide bonds. The summed E-state index contributed by atoms with van der Waals surface area (Å²) in [5.74, 6) is -0.394. The second-order valence-corrected chi connectivity index (χ2v) is 4.85. The number of nitrogen functional groups attached to an aromatic ring is 1. The number of anilines is 3. The summed E-state index contributed by atoms with van der Waals surface area (Å²) in [6.07, 6.45) is 0.999. The normalized spacial score (nSPS) is 10.2. The third-order valence-electron chi connectivity index (χ3n) is 3.52. The zero-order valence-electron chi connectivity index (χ0n) is 12.6. The summed E-state index contributed by atoms with van der Waals surface area (Å²) in [6, 6.07) is 13.5. The minimum absolute atomic E-state index is 0.394. The van der Waals surface area contributed by atoms with Crippen LogP contribution < -0.4 is 10.6 Å². The minimum atomic E-state index is -0.394. The van der Waals surface area contributed by atoms with E-state index in [2.05, 4.69) is 19.1 Å². The van der Waals surface area contributed by atoms with Crippen molar-refractivity contribution >= 4 is 23.0 Å². The molecule has 0 saturated heterocycles. The Kier molecular flexibility index (Phi) is 4.48. The molecule has 0 aromatic heterocycles. The van der Waals surface area contributed by atoms with Crippen molar-refractivity contribution in [1.82, 2.24) is 0 Å². The van der Waals surface area contributed by atoms with Gasteiger partial charge in [0.2, 0.25) is 0 Å². The lowest BCUT2D eigenvalue weighted by molar-refractivity contribution is 0.0601. The van der Waals surface area contributed by atoms with Crippen LogP contribution in [0.5, 0.6) is 0 Å². The van der Waals surface area contributed by atoms with Gasteiger partial charge in [-0.25, -0.2) is 4.79 Å². The van der Waals surface area contributed by atoms with Crippen LogP contribution in [0.3, 0.4) is 0 Å². The van der Waals surface area contributed by atoms with Crippen molar-refractivity contribution in [2.75, 3.05) is 24.8 Å². The molecule has 0 aliphatic rings. The highest BCUT2D eigenvalue weighted by atomic mass is 16.5. The number of nitrogens with zero attached hydrogens (tertiary/aromatic N) is 1. The van der Waals surface area contributed by atoms with E-state index in [1.807, 2.05) is 30.1 Å². The molecule has 0 aliphatic carbocycles. The van der Waals surface area contributed by atoms with Gasteiger partial charge in [0, 0.05) is 18.4 Å². The summed E-state index contributed by atoms with van der Waals surface area (Å²) in [5, 5.41) is 0. The molecule has 0 atom stereocenters. The zero-order valence-corrected chi connectivity index (χ0v) is 12.6. The van der Waals surface area contributed by atoms with Gasteiger partial charge >= 0.3 is 5.97 Å². The molecule has 0 aliphatic heterocycles. The molecular formula is C17H20N2O2. The average molecular weight is 284 g/mol. The van der Waals surface area contributed by atoms with E-state index in [4.69, 9.17) is 10.5 Å². The first-order chi connectivity index (χ1) is 10.1. The minimum Gasteiger partial charge on any atom is -0.465 e. The van der Waals surface area contributed by atoms with Crippen LogP contribution in [0.15, 0.2) is 42.5 Å². The SMILES string of the molecule is CCc1ccc(N(C)c2ccc(N)cc2C(=O)OC)cc1. The van der Waals surface area contributed by atoms with Crippen LogP contribution in [0, 0.1) is 0 Å². The lowest BCUT2D eigenvalue weighted by Gasteiger charge is -2.22. The molecule has 110 valence electrons. The van der Waals surface area contributed by atoms with Gasteiger partial charge < -0.3 is 15.4 Å². The highest BCUT2D eigenvalue weighted by Gasteiger charge is 2.16. The summed E-state index contributed by atoms with van der Waals surface area (Å²) in [5.41, 5.74) is 9.81. The van der Waals surface area contributed by atoms with Gasteiger partial charge in [0.05, 0.1) is 18.4 Å². The van der Waals surface area contributed by atoms with E-state index >= 15 is 0 Å². The summed E-state index contributed by atoms with van der Waals surface area (Å²) in [4.78, 5) is 13.9. The molecule has 2 rings (SSSR count). The molecular weight excluding hydrogens is 264 g/mol. The van der Waals surface area contributed by atoms with Crippen LogP contribution in [0.25, 0.3) is 0 Å². The Labute approximate surface area is 125 Å². The van der Waals surface area contributed by atoms with Gasteiger partial charge in [-0.15, -0.1) is 0 Å². The van der Waals surface area contributed by atoms with Crippen molar-refractivity contribution in [1.29, 1.82) is 0 Å². The van der Waals surface area contributed by atoms with E-state index in [1.165, 1.54) is 12.7 Å². The Hall–Kier alpha value is -2.49. The lowest BCUT2D eigenvalue weighted by atomic mass is 10.1. The van der Waals surface area contributed by atoms with Crippen molar-refractivity contribution < 1.29 is 9.53 Å². The quantitative estimate of drug-likeness (QED) is 0.690. The summed E-state index contributed by atoms with van der Waals surface area (Å²) < 4.78 is 4.83. The van der Waals surface area contributed by atoms with Gasteiger partial charge in [-0.2, -0.15) is 0 Å². The Morgan fingerprint density at radius 1 is 1.19 bits per heavy atom. The molecule has 4 nitrogen and oxygen atoms in total. The van der Waals surface area contributed by atoms with Crippen LogP contribution in [0.1, 0.15) is 22.8 Å². The first kappa shape index (κ1) is 14.9. The Bertz CT molecular complexity index is 636. The van der Waals surface area contributed by atoms with E-state index in [1.54, 1.807) is 12.1 Å². The van der Waals surface area contributed by atoms with Crippen molar-refractivity contribution in [3.63, 3.8) is 0 Å². The van der Waals surface area contributed by atoms with Crippen LogP contribution in [-0.4, -0.2) is 20.1 Å². The monoisotopic (exact) mass is 284 g/mol. The van der Waals surface area contributed by atoms with E-state index in [0.29, 0.717) is 11.3 Å². The number of nitrogens with two attached hydrogens (primary N) is 1. The molecule has 0 heterocycles. The van der Waals surface area contributed by atoms with Crippen LogP contribution in [-0.2, 0) is 11.2 Å². The maximum Gasteiger partial charge on any atom is 0.340 e. The summed E-state index contributed by atoms with van der Waals surface area (Å²) in [6.45, 7) is 2.12. The summed E-state index contributed by atoms with van der Waals surface area (Å²) >= 11 is 0. The fourth-order valence-corrected chi connectivity index (χ4v) is 2.21. The molecule has 0 fully saturated rings. The van der Waals surface area contributed by atoms with Gasteiger partial charge in [0.15, 0.2) is 0 Å². The van der Waals surface area contributed by atoms with Crippen LogP contribution in [0.4, 0.5) is 17.1 Å². The number of benzene rings is 2. The van der Waals surface area contributed by atoms with Crippen LogP contribution in [0.2, 0.25) is 0 Å². The Morgan fingerprint density at radius 2 is 1.86 bits per heavy atom. The van der Waals surface area contributed by atoms with Gasteiger partial charge in [-0.1, -0.05) is 19.1 Å². The van der Waals surface area contributed by atoms with E-state index in [0.717, 1.165) is 17.8 Å². The molecule has 21 heavy (non-hydrogen) atoms. The number of rotatable bonds is 4. The maximum atomic E-state index is 11.9. The topological polar surface area (TPSA) is 55.6 Å². The maximum absolute atomic E-state index is 11.9. The molecule has 0 saturated carbocycles. The average Bonchev–Trinajstić information content (AvgIpc) is 2.53. The third-order valence-corrected chi connectivity index (χ3v) is 3.52. The molecule has 0 bridgehead atoms. The highest BCUT2D eigenvalue weighted by Crippen LogP contribution is 2.29. The second-order valence-electron chi connectivity index (χ2n) is 4.85. The fraction of sp³-hybridized carbons (Fsp3) is 0.235. The van der Waals surface area contributed by atoms with Crippen molar-refractivity contribution in [3.8, 4) is 0 Å². The zero-order chi connectivity index (χ0) is 15.4. The number of ether oxygens (including phenoxy) is 1. The van der Waals surface area contributed by atoms with E-state index < -0.39 is 5.97 Å². The number of aryl methyl sites for hydroxylation is 1. The Morgan fingerprint density at radius 3 is 2.43 bits per heavy atom. The molecule has 0 unspecified atom stereocenters. The summed E-state index contributed by atoms with van der Waals surface area (Å²) in [7, 11) is 3.28. The number of hydrogen-bond acceptors (Lipinski definition) is 4. The lowest BCUT2D eigenvalue weighted by Crippen LogP contribution is -2.15. The molecule has 4 heteroatoms. The molecule has 0 radical (unpaired) electrons. The fourth-order valence-electron chi connectivity index (χ4n) is 2.21. The molecule has 2 aromatic carbocycles. The largest absolute Gasteiger partial charge is 0.465 e. The van der Waals surface area contributed by atoms with Gasteiger partial charge in [-0.3, -0.25) is 0 Å². The van der Waals surface area contributed by atoms with E-state index in [9.17, 15) is 4.79 Å². The van der Waals surface area contributed by atoms with Gasteiger partial charge in [0.25, 0.3) is 0 Å². The standard InChI is InChI=1S/C17H20N2O2/c1-4-12-5-8-14(9-6-12)19(2)16-10-7-13(18)11-15(16)17(20)21-3/h5-11H,4,18H2,1-3H3. The van der Waals surface area contributed by atoms with E-state index in [-0.39, 0.29) is 0 Å². The first-order valence-corrected chi connectivity index (χ1v) is 6.87. The molecule has 2 N–H and O–H groups in total. The second kappa shape index (κ2) is 6.31. The number of carbonyl (C=O) groups excluding carboxylic acids is 1. The third kappa shape index (κ3) is 3.16. The number of methoxy groups -OCH3 is 1. The van der Waals surface area contributed by atoms with Gasteiger partial charge in [0.1, 0.15) is 0 Å². The number of carbonyl (C=O) groups is 1. The predicted molar refractivity (Wildman–Crippen MR) is 86.1 cm³/mol. The van der Waals surface area contributed by atoms with Crippen molar-refractivity contribution in [2.24, 2.45) is 0 Å². The van der Waals surface area contributed by atoms with Crippen molar-refractivity contribution in [3.05, 3.63) is 53.6 Å². The number of hydrogen-bond donors (Lipinski definition) is 1. The number of esters is 1. The predicted octanol–water partition coefficient (Wildman–Crippen LogP) is 3.39.